The van der Waals surface area contributed by atoms with Crippen molar-refractivity contribution in [1.82, 2.24) is 5.32 Å². The van der Waals surface area contributed by atoms with Gasteiger partial charge in [-0.3, -0.25) is 4.79 Å². The van der Waals surface area contributed by atoms with Gasteiger partial charge in [-0.15, -0.1) is 0 Å². The van der Waals surface area contributed by atoms with E-state index in [1.807, 2.05) is 0 Å². The van der Waals surface area contributed by atoms with E-state index in [0.29, 0.717) is 11.5 Å². The summed E-state index contributed by atoms with van der Waals surface area (Å²) < 4.78 is 15.8. The fraction of sp³-hybridized carbons (Fsp3) is 0.652. The highest BCUT2D eigenvalue weighted by atomic mass is 16.5. The van der Waals surface area contributed by atoms with Crippen LogP contribution in [0.2, 0.25) is 0 Å². The normalized spacial score (nSPS) is 30.5. The smallest absolute Gasteiger partial charge is 0.346 e. The van der Waals surface area contributed by atoms with Crippen molar-refractivity contribution in [2.45, 2.75) is 51.5 Å². The van der Waals surface area contributed by atoms with Gasteiger partial charge in [-0.05, 0) is 80.8 Å². The van der Waals surface area contributed by atoms with E-state index < -0.39 is 5.97 Å². The van der Waals surface area contributed by atoms with E-state index in [2.05, 4.69) is 12.2 Å². The minimum absolute atomic E-state index is 0.0999. The summed E-state index contributed by atoms with van der Waals surface area (Å²) in [7, 11) is 2.96. The summed E-state index contributed by atoms with van der Waals surface area (Å²) in [6.45, 7) is 1.81. The van der Waals surface area contributed by atoms with Gasteiger partial charge in [-0.2, -0.15) is 0 Å². The van der Waals surface area contributed by atoms with Gasteiger partial charge in [-0.25, -0.2) is 4.79 Å². The van der Waals surface area contributed by atoms with Crippen molar-refractivity contribution in [3.63, 3.8) is 0 Å². The highest BCUT2D eigenvalue weighted by Crippen LogP contribution is 2.61. The number of ether oxygens (including phenoxy) is 3. The van der Waals surface area contributed by atoms with Crippen LogP contribution in [0.1, 0.15) is 55.8 Å². The summed E-state index contributed by atoms with van der Waals surface area (Å²) in [6.07, 6.45) is 7.78. The molecule has 4 saturated carbocycles. The number of benzene rings is 1. The Hall–Kier alpha value is -2.24. The molecule has 0 radical (unpaired) electrons. The van der Waals surface area contributed by atoms with Crippen molar-refractivity contribution in [1.29, 1.82) is 0 Å². The molecular weight excluding hydrogens is 370 g/mol. The quantitative estimate of drug-likeness (QED) is 0.707. The maximum atomic E-state index is 12.6. The second kappa shape index (κ2) is 7.88. The predicted molar refractivity (Wildman–Crippen MR) is 108 cm³/mol. The first-order chi connectivity index (χ1) is 13.9. The molecule has 0 aromatic heterocycles. The van der Waals surface area contributed by atoms with Crippen LogP contribution in [0.5, 0.6) is 11.5 Å². The Balaban J connectivity index is 1.36. The Morgan fingerprint density at radius 3 is 2.03 bits per heavy atom. The van der Waals surface area contributed by atoms with Crippen LogP contribution in [0.25, 0.3) is 0 Å². The molecule has 5 rings (SSSR count). The Bertz CT molecular complexity index is 732. The van der Waals surface area contributed by atoms with Gasteiger partial charge >= 0.3 is 5.97 Å². The average Bonchev–Trinajstić information content (AvgIpc) is 2.70. The van der Waals surface area contributed by atoms with Crippen LogP contribution in [-0.2, 0) is 9.53 Å². The van der Waals surface area contributed by atoms with Crippen LogP contribution in [0.15, 0.2) is 18.2 Å². The van der Waals surface area contributed by atoms with Crippen LogP contribution >= 0.6 is 0 Å². The number of nitrogens with one attached hydrogen (secondary N) is 1. The van der Waals surface area contributed by atoms with Crippen molar-refractivity contribution < 1.29 is 23.8 Å². The van der Waals surface area contributed by atoms with E-state index in [0.717, 1.165) is 17.8 Å². The summed E-state index contributed by atoms with van der Waals surface area (Å²) in [4.78, 5) is 25.1. The van der Waals surface area contributed by atoms with Crippen LogP contribution in [0.3, 0.4) is 0 Å². The minimum Gasteiger partial charge on any atom is -0.496 e. The second-order valence-electron chi connectivity index (χ2n) is 9.18. The summed E-state index contributed by atoms with van der Waals surface area (Å²) in [5, 5.41) is 3.12. The molecule has 4 aliphatic carbocycles. The van der Waals surface area contributed by atoms with Crippen LogP contribution < -0.4 is 14.8 Å². The summed E-state index contributed by atoms with van der Waals surface area (Å²) >= 11 is 0. The summed E-state index contributed by atoms with van der Waals surface area (Å²) in [5.41, 5.74) is 0.416. The summed E-state index contributed by atoms with van der Waals surface area (Å²) in [6, 6.07) is 5.15. The molecule has 4 aliphatic rings. The molecule has 0 spiro atoms. The monoisotopic (exact) mass is 401 g/mol. The van der Waals surface area contributed by atoms with E-state index in [1.54, 1.807) is 18.2 Å². The maximum Gasteiger partial charge on any atom is 0.346 e. The predicted octanol–water partition coefficient (Wildman–Crippen LogP) is 3.58. The molecule has 6 nitrogen and oxygen atoms in total. The Morgan fingerprint density at radius 2 is 1.55 bits per heavy atom. The molecule has 1 aromatic rings. The Morgan fingerprint density at radius 1 is 1.03 bits per heavy atom. The van der Waals surface area contributed by atoms with E-state index in [-0.39, 0.29) is 29.5 Å². The van der Waals surface area contributed by atoms with Gasteiger partial charge in [0.25, 0.3) is 5.91 Å². The number of methoxy groups -OCH3 is 2. The molecule has 4 bridgehead atoms. The lowest BCUT2D eigenvalue weighted by Gasteiger charge is -2.59. The highest BCUT2D eigenvalue weighted by Gasteiger charge is 2.53. The molecule has 158 valence electrons. The third-order valence-corrected chi connectivity index (χ3v) is 7.35. The van der Waals surface area contributed by atoms with Crippen LogP contribution in [0.4, 0.5) is 0 Å². The first kappa shape index (κ1) is 20.0. The first-order valence-corrected chi connectivity index (χ1v) is 10.6. The van der Waals surface area contributed by atoms with Gasteiger partial charge in [0.1, 0.15) is 17.1 Å². The first-order valence-electron chi connectivity index (χ1n) is 10.6. The third kappa shape index (κ3) is 3.81. The Kier molecular flexibility index (Phi) is 5.45. The van der Waals surface area contributed by atoms with E-state index in [4.69, 9.17) is 14.2 Å². The number of carbonyl (C=O) groups is 2. The zero-order chi connectivity index (χ0) is 20.6. The van der Waals surface area contributed by atoms with Gasteiger partial charge in [0.2, 0.25) is 0 Å². The van der Waals surface area contributed by atoms with Crippen LogP contribution in [0, 0.1) is 23.2 Å². The SMILES string of the molecule is COc1cccc(OC)c1C(=O)OCC(=O)NC(C)C12CC3CC(CC(C3)C1)C2. The van der Waals surface area contributed by atoms with E-state index in [1.165, 1.54) is 52.7 Å². The number of hydrogen-bond donors (Lipinski definition) is 1. The van der Waals surface area contributed by atoms with Crippen molar-refractivity contribution in [3.05, 3.63) is 23.8 Å². The molecule has 1 amide bonds. The maximum absolute atomic E-state index is 12.6. The van der Waals surface area contributed by atoms with Crippen molar-refractivity contribution >= 4 is 11.9 Å². The zero-order valence-electron chi connectivity index (χ0n) is 17.5. The lowest BCUT2D eigenvalue weighted by Crippen LogP contribution is -2.56. The van der Waals surface area contributed by atoms with E-state index >= 15 is 0 Å². The number of esters is 1. The van der Waals surface area contributed by atoms with Gasteiger partial charge in [0, 0.05) is 6.04 Å². The second-order valence-corrected chi connectivity index (χ2v) is 9.18. The molecule has 29 heavy (non-hydrogen) atoms. The molecular formula is C23H31NO5. The molecule has 1 unspecified atom stereocenters. The highest BCUT2D eigenvalue weighted by molar-refractivity contribution is 5.96. The van der Waals surface area contributed by atoms with Crippen molar-refractivity contribution in [2.24, 2.45) is 23.2 Å². The van der Waals surface area contributed by atoms with E-state index in [9.17, 15) is 9.59 Å². The fourth-order valence-corrected chi connectivity index (χ4v) is 6.40. The standard InChI is InChI=1S/C23H31NO5/c1-14(23-10-15-7-16(11-23)9-17(8-15)12-23)24-20(25)13-29-22(26)21-18(27-2)5-4-6-19(21)28-3/h4-6,14-17H,7-13H2,1-3H3,(H,24,25). The molecule has 4 fully saturated rings. The zero-order valence-corrected chi connectivity index (χ0v) is 17.5. The summed E-state index contributed by atoms with van der Waals surface area (Å²) in [5.74, 6) is 2.32. The third-order valence-electron chi connectivity index (χ3n) is 7.35. The Labute approximate surface area is 172 Å². The number of amides is 1. The van der Waals surface area contributed by atoms with Crippen LogP contribution in [-0.4, -0.2) is 38.7 Å². The minimum atomic E-state index is -0.628. The largest absolute Gasteiger partial charge is 0.496 e. The topological polar surface area (TPSA) is 73.9 Å². The van der Waals surface area contributed by atoms with Gasteiger partial charge in [0.15, 0.2) is 6.61 Å². The molecule has 0 heterocycles. The molecule has 0 aliphatic heterocycles. The molecule has 1 aromatic carbocycles. The average molecular weight is 402 g/mol. The molecule has 6 heteroatoms. The van der Waals surface area contributed by atoms with Crippen molar-refractivity contribution in [3.8, 4) is 11.5 Å². The van der Waals surface area contributed by atoms with Crippen molar-refractivity contribution in [2.75, 3.05) is 20.8 Å². The molecule has 1 atom stereocenters. The number of rotatable bonds is 7. The number of hydrogen-bond acceptors (Lipinski definition) is 5. The number of carbonyl (C=O) groups excluding carboxylic acids is 2. The fourth-order valence-electron chi connectivity index (χ4n) is 6.40. The van der Waals surface area contributed by atoms with Gasteiger partial charge in [-0.1, -0.05) is 6.07 Å². The molecule has 0 saturated heterocycles. The molecule has 1 N–H and O–H groups in total. The van der Waals surface area contributed by atoms with Gasteiger partial charge < -0.3 is 19.5 Å². The van der Waals surface area contributed by atoms with Gasteiger partial charge in [0.05, 0.1) is 14.2 Å². The lowest BCUT2D eigenvalue weighted by molar-refractivity contribution is -0.128. The lowest BCUT2D eigenvalue weighted by atomic mass is 9.48.